The molecule has 1 heterocycles. The second kappa shape index (κ2) is 16.8. The molecule has 3 aromatic rings. The molecule has 0 saturated carbocycles. The molecule has 0 aliphatic carbocycles. The van der Waals surface area contributed by atoms with Crippen molar-refractivity contribution in [2.45, 2.75) is 33.4 Å². The minimum absolute atomic E-state index is 0.00000821. The first-order valence-corrected chi connectivity index (χ1v) is 11.9. The summed E-state index contributed by atoms with van der Waals surface area (Å²) in [4.78, 5) is 27.4. The second-order valence-corrected chi connectivity index (χ2v) is 8.26. The molecular formula is C28H35FN4O3. The van der Waals surface area contributed by atoms with Gasteiger partial charge in [0.1, 0.15) is 18.2 Å². The van der Waals surface area contributed by atoms with Crippen LogP contribution in [0.25, 0.3) is 0 Å². The lowest BCUT2D eigenvalue weighted by Gasteiger charge is -2.17. The Hall–Kier alpha value is -3.78. The van der Waals surface area contributed by atoms with Crippen molar-refractivity contribution in [1.29, 1.82) is 0 Å². The molecule has 0 spiro atoms. The summed E-state index contributed by atoms with van der Waals surface area (Å²) in [5.41, 5.74) is 2.94. The summed E-state index contributed by atoms with van der Waals surface area (Å²) in [5.74, 6) is 0.266. The Balaban J connectivity index is 0.000000259. The minimum atomic E-state index is -0.277. The van der Waals surface area contributed by atoms with Crippen LogP contribution in [0.2, 0.25) is 0 Å². The Labute approximate surface area is 212 Å². The average Bonchev–Trinajstić information content (AvgIpc) is 2.87. The first-order valence-electron chi connectivity index (χ1n) is 11.9. The molecule has 7 nitrogen and oxygen atoms in total. The van der Waals surface area contributed by atoms with Crippen LogP contribution in [0.4, 0.5) is 4.39 Å². The lowest BCUT2D eigenvalue weighted by atomic mass is 10.2. The van der Waals surface area contributed by atoms with Gasteiger partial charge in [0, 0.05) is 57.1 Å². The third-order valence-corrected chi connectivity index (χ3v) is 5.00. The fraction of sp³-hybridized carbons (Fsp3) is 0.321. The fourth-order valence-corrected chi connectivity index (χ4v) is 3.25. The smallest absolute Gasteiger partial charge is 0.216 e. The lowest BCUT2D eigenvalue weighted by molar-refractivity contribution is -0.119. The van der Waals surface area contributed by atoms with Crippen molar-refractivity contribution < 1.29 is 18.7 Å². The molecule has 3 rings (SSSR count). The Bertz CT molecular complexity index is 1020. The molecule has 0 bridgehead atoms. The lowest BCUT2D eigenvalue weighted by Crippen LogP contribution is -2.32. The highest BCUT2D eigenvalue weighted by Gasteiger charge is 2.02. The van der Waals surface area contributed by atoms with E-state index in [9.17, 15) is 14.0 Å². The maximum atomic E-state index is 13.1. The average molecular weight is 495 g/mol. The van der Waals surface area contributed by atoms with Gasteiger partial charge in [0.05, 0.1) is 0 Å². The summed E-state index contributed by atoms with van der Waals surface area (Å²) >= 11 is 0. The molecule has 192 valence electrons. The van der Waals surface area contributed by atoms with E-state index in [4.69, 9.17) is 4.74 Å². The van der Waals surface area contributed by atoms with Crippen LogP contribution < -0.4 is 15.4 Å². The van der Waals surface area contributed by atoms with Gasteiger partial charge >= 0.3 is 0 Å². The number of hydrogen-bond donors (Lipinski definition) is 2. The molecule has 0 unspecified atom stereocenters. The van der Waals surface area contributed by atoms with Gasteiger partial charge in [-0.3, -0.25) is 14.6 Å². The van der Waals surface area contributed by atoms with Crippen molar-refractivity contribution >= 4 is 12.3 Å². The van der Waals surface area contributed by atoms with Crippen LogP contribution >= 0.6 is 0 Å². The van der Waals surface area contributed by atoms with Gasteiger partial charge in [-0.25, -0.2) is 4.39 Å². The van der Waals surface area contributed by atoms with Gasteiger partial charge in [-0.1, -0.05) is 36.4 Å². The van der Waals surface area contributed by atoms with Gasteiger partial charge in [-0.05, 0) is 49.2 Å². The summed E-state index contributed by atoms with van der Waals surface area (Å²) in [5, 5.41) is 6.00. The van der Waals surface area contributed by atoms with Crippen LogP contribution in [-0.4, -0.2) is 48.4 Å². The first-order chi connectivity index (χ1) is 17.5. The molecule has 0 saturated heterocycles. The van der Waals surface area contributed by atoms with Crippen molar-refractivity contribution in [1.82, 2.24) is 20.5 Å². The van der Waals surface area contributed by atoms with E-state index in [-0.39, 0.29) is 11.7 Å². The number of ether oxygens (including phenoxy) is 1. The molecule has 1 aromatic heterocycles. The monoisotopic (exact) mass is 494 g/mol. The third kappa shape index (κ3) is 12.6. The molecule has 36 heavy (non-hydrogen) atoms. The number of carbonyl (C=O) groups is 2. The van der Waals surface area contributed by atoms with Crippen LogP contribution in [0, 0.1) is 12.7 Å². The summed E-state index contributed by atoms with van der Waals surface area (Å²) in [6.07, 6.45) is 5.20. The molecule has 2 N–H and O–H groups in total. The number of amides is 2. The summed E-state index contributed by atoms with van der Waals surface area (Å²) < 4.78 is 18.5. The van der Waals surface area contributed by atoms with Gasteiger partial charge in [0.15, 0.2) is 0 Å². The normalized spacial score (nSPS) is 10.1. The Morgan fingerprint density at radius 3 is 2.50 bits per heavy atom. The maximum Gasteiger partial charge on any atom is 0.216 e. The number of nitrogens with one attached hydrogen (secondary N) is 2. The molecular weight excluding hydrogens is 459 g/mol. The number of nitrogens with zero attached hydrogens (tertiary/aromatic N) is 2. The van der Waals surface area contributed by atoms with E-state index in [1.54, 1.807) is 23.4 Å². The van der Waals surface area contributed by atoms with Gasteiger partial charge < -0.3 is 20.3 Å². The molecule has 2 amide bonds. The number of rotatable bonds is 13. The van der Waals surface area contributed by atoms with E-state index < -0.39 is 0 Å². The van der Waals surface area contributed by atoms with E-state index in [1.165, 1.54) is 19.1 Å². The van der Waals surface area contributed by atoms with Gasteiger partial charge in [-0.15, -0.1) is 0 Å². The van der Waals surface area contributed by atoms with Gasteiger partial charge in [-0.2, -0.15) is 0 Å². The number of benzene rings is 2. The number of halogens is 1. The standard InChI is InChI=1S/C15H23N3O2.C13H12FNO/c1-14(20)17-9-5-8-16-10-11-18(13-19)12-15-6-3-2-4-7-15;1-10-5-12(14)7-13(6-10)16-9-11-3-2-4-15-8-11/h2-4,6-7,13,16H,5,8-12H2,1H3,(H,17,20);2-8H,9H2,1H3. The third-order valence-electron chi connectivity index (χ3n) is 5.00. The van der Waals surface area contributed by atoms with Crippen LogP contribution in [-0.2, 0) is 22.7 Å². The maximum absolute atomic E-state index is 13.1. The van der Waals surface area contributed by atoms with E-state index in [2.05, 4.69) is 15.6 Å². The highest BCUT2D eigenvalue weighted by molar-refractivity contribution is 5.72. The van der Waals surface area contributed by atoms with Gasteiger partial charge in [0.2, 0.25) is 12.3 Å². The van der Waals surface area contributed by atoms with Crippen molar-refractivity contribution in [3.8, 4) is 5.75 Å². The SMILES string of the molecule is CC(=O)NCCCNCCN(C=O)Cc1ccccc1.Cc1cc(F)cc(OCc2cccnc2)c1. The van der Waals surface area contributed by atoms with E-state index >= 15 is 0 Å². The van der Waals surface area contributed by atoms with Crippen LogP contribution in [0.5, 0.6) is 5.75 Å². The minimum Gasteiger partial charge on any atom is -0.489 e. The Morgan fingerprint density at radius 2 is 1.83 bits per heavy atom. The zero-order chi connectivity index (χ0) is 26.0. The van der Waals surface area contributed by atoms with Crippen molar-refractivity contribution in [3.05, 3.63) is 95.6 Å². The van der Waals surface area contributed by atoms with Crippen LogP contribution in [0.15, 0.2) is 73.1 Å². The zero-order valence-electron chi connectivity index (χ0n) is 21.0. The predicted molar refractivity (Wildman–Crippen MR) is 139 cm³/mol. The van der Waals surface area contributed by atoms with Crippen molar-refractivity contribution in [2.24, 2.45) is 0 Å². The Morgan fingerprint density at radius 1 is 1.06 bits per heavy atom. The van der Waals surface area contributed by atoms with Crippen molar-refractivity contribution in [3.63, 3.8) is 0 Å². The predicted octanol–water partition coefficient (Wildman–Crippen LogP) is 3.87. The Kier molecular flexibility index (Phi) is 13.3. The summed E-state index contributed by atoms with van der Waals surface area (Å²) in [7, 11) is 0. The molecule has 0 atom stereocenters. The second-order valence-electron chi connectivity index (χ2n) is 8.26. The van der Waals surface area contributed by atoms with E-state index in [0.29, 0.717) is 32.0 Å². The number of carbonyl (C=O) groups excluding carboxylic acids is 2. The molecule has 0 aliphatic rings. The van der Waals surface area contributed by atoms with Crippen LogP contribution in [0.1, 0.15) is 30.0 Å². The van der Waals surface area contributed by atoms with Gasteiger partial charge in [0.25, 0.3) is 0 Å². The number of aryl methyl sites for hydroxylation is 1. The molecule has 0 radical (unpaired) electrons. The fourth-order valence-electron chi connectivity index (χ4n) is 3.25. The molecule has 2 aromatic carbocycles. The van der Waals surface area contributed by atoms with Crippen molar-refractivity contribution in [2.75, 3.05) is 26.2 Å². The highest BCUT2D eigenvalue weighted by atomic mass is 19.1. The number of aromatic nitrogens is 1. The van der Waals surface area contributed by atoms with E-state index in [0.717, 1.165) is 42.6 Å². The quantitative estimate of drug-likeness (QED) is 0.278. The summed E-state index contributed by atoms with van der Waals surface area (Å²) in [6.45, 7) is 7.33. The molecule has 8 heteroatoms. The zero-order valence-corrected chi connectivity index (χ0v) is 21.0. The summed E-state index contributed by atoms with van der Waals surface area (Å²) in [6, 6.07) is 18.3. The number of pyridine rings is 1. The van der Waals surface area contributed by atoms with Crippen LogP contribution in [0.3, 0.4) is 0 Å². The highest BCUT2D eigenvalue weighted by Crippen LogP contribution is 2.17. The number of hydrogen-bond acceptors (Lipinski definition) is 5. The van der Waals surface area contributed by atoms with E-state index in [1.807, 2.05) is 49.4 Å². The topological polar surface area (TPSA) is 83.6 Å². The molecule has 0 aliphatic heterocycles. The largest absolute Gasteiger partial charge is 0.489 e. The first kappa shape index (κ1) is 28.5. The molecule has 0 fully saturated rings.